The van der Waals surface area contributed by atoms with Gasteiger partial charge in [0.15, 0.2) is 0 Å². The van der Waals surface area contributed by atoms with Crippen LogP contribution in [0, 0.1) is 5.92 Å². The Balaban J connectivity index is 1.39. The molecular formula is C18H24N4O. The first-order chi connectivity index (χ1) is 11.3. The van der Waals surface area contributed by atoms with E-state index < -0.39 is 0 Å². The number of hydrogen-bond acceptors (Lipinski definition) is 3. The Morgan fingerprint density at radius 3 is 2.78 bits per heavy atom. The number of nitrogens with zero attached hydrogens (tertiary/aromatic N) is 3. The second-order valence-corrected chi connectivity index (χ2v) is 6.24. The summed E-state index contributed by atoms with van der Waals surface area (Å²) in [7, 11) is 0. The molecule has 0 atom stereocenters. The Bertz CT molecular complexity index is 617. The summed E-state index contributed by atoms with van der Waals surface area (Å²) < 4.78 is 1.87. The Morgan fingerprint density at radius 2 is 2.00 bits per heavy atom. The van der Waals surface area contributed by atoms with Gasteiger partial charge < -0.3 is 5.32 Å². The average molecular weight is 312 g/mol. The molecule has 122 valence electrons. The van der Waals surface area contributed by atoms with Gasteiger partial charge in [-0.05, 0) is 30.5 Å². The highest BCUT2D eigenvalue weighted by atomic mass is 16.1. The van der Waals surface area contributed by atoms with Crippen molar-refractivity contribution in [3.8, 4) is 11.3 Å². The highest BCUT2D eigenvalue weighted by Gasteiger charge is 2.15. The lowest BCUT2D eigenvalue weighted by Crippen LogP contribution is -2.27. The second kappa shape index (κ2) is 7.90. The Labute approximate surface area is 137 Å². The maximum absolute atomic E-state index is 11.9. The number of rotatable bonds is 7. The summed E-state index contributed by atoms with van der Waals surface area (Å²) in [5, 5.41) is 7.52. The van der Waals surface area contributed by atoms with E-state index in [1.54, 1.807) is 12.4 Å². The summed E-state index contributed by atoms with van der Waals surface area (Å²) in [6, 6.07) is 5.87. The molecule has 5 heteroatoms. The molecule has 23 heavy (non-hydrogen) atoms. The number of aromatic nitrogens is 3. The van der Waals surface area contributed by atoms with Crippen LogP contribution in [0.4, 0.5) is 0 Å². The molecule has 1 saturated carbocycles. The van der Waals surface area contributed by atoms with Crippen molar-refractivity contribution in [1.82, 2.24) is 20.1 Å². The van der Waals surface area contributed by atoms with Crippen molar-refractivity contribution in [2.24, 2.45) is 5.92 Å². The molecule has 0 bridgehead atoms. The Kier molecular flexibility index (Phi) is 5.40. The minimum atomic E-state index is 0.165. The van der Waals surface area contributed by atoms with Crippen molar-refractivity contribution in [3.05, 3.63) is 36.8 Å². The minimum Gasteiger partial charge on any atom is -0.354 e. The number of carbonyl (C=O) groups is 1. The van der Waals surface area contributed by atoms with E-state index in [0.29, 0.717) is 19.5 Å². The number of nitrogens with one attached hydrogen (secondary N) is 1. The van der Waals surface area contributed by atoms with E-state index >= 15 is 0 Å². The van der Waals surface area contributed by atoms with Gasteiger partial charge in [0, 0.05) is 37.1 Å². The molecule has 1 amide bonds. The van der Waals surface area contributed by atoms with Crippen LogP contribution in [-0.2, 0) is 11.3 Å². The maximum atomic E-state index is 11.9. The third-order valence-corrected chi connectivity index (χ3v) is 4.53. The van der Waals surface area contributed by atoms with Gasteiger partial charge in [-0.2, -0.15) is 5.10 Å². The molecule has 1 aliphatic rings. The van der Waals surface area contributed by atoms with Gasteiger partial charge in [0.2, 0.25) is 5.91 Å². The number of carbonyl (C=O) groups excluding carboxylic acids is 1. The van der Waals surface area contributed by atoms with Crippen molar-refractivity contribution in [2.45, 2.75) is 45.1 Å². The largest absolute Gasteiger partial charge is 0.354 e. The maximum Gasteiger partial charge on any atom is 0.220 e. The van der Waals surface area contributed by atoms with Gasteiger partial charge in [-0.1, -0.05) is 25.7 Å². The Morgan fingerprint density at radius 1 is 1.22 bits per heavy atom. The highest BCUT2D eigenvalue weighted by molar-refractivity contribution is 5.75. The molecule has 5 nitrogen and oxygen atoms in total. The standard InChI is InChI=1S/C18H24N4O/c23-18(6-5-15-3-1-2-4-15)20-12-14-22-13-9-17(21-22)16-7-10-19-11-8-16/h7-11,13,15H,1-6,12,14H2,(H,20,23). The molecule has 1 N–H and O–H groups in total. The molecule has 0 aromatic carbocycles. The lowest BCUT2D eigenvalue weighted by atomic mass is 10.0. The third kappa shape index (κ3) is 4.65. The van der Waals surface area contributed by atoms with E-state index in [9.17, 15) is 4.79 Å². The predicted octanol–water partition coefficient (Wildman–Crippen LogP) is 3.03. The summed E-state index contributed by atoms with van der Waals surface area (Å²) in [5.74, 6) is 0.938. The number of hydrogen-bond donors (Lipinski definition) is 1. The van der Waals surface area contributed by atoms with E-state index in [4.69, 9.17) is 0 Å². The quantitative estimate of drug-likeness (QED) is 0.855. The van der Waals surface area contributed by atoms with Crippen LogP contribution in [0.5, 0.6) is 0 Å². The summed E-state index contributed by atoms with van der Waals surface area (Å²) in [4.78, 5) is 15.9. The molecule has 3 rings (SSSR count). The van der Waals surface area contributed by atoms with Gasteiger partial charge in [0.05, 0.1) is 12.2 Å². The number of pyridine rings is 1. The molecule has 0 radical (unpaired) electrons. The lowest BCUT2D eigenvalue weighted by Gasteiger charge is -2.09. The predicted molar refractivity (Wildman–Crippen MR) is 89.7 cm³/mol. The average Bonchev–Trinajstić information content (AvgIpc) is 3.26. The second-order valence-electron chi connectivity index (χ2n) is 6.24. The molecule has 2 heterocycles. The van der Waals surface area contributed by atoms with Crippen molar-refractivity contribution < 1.29 is 4.79 Å². The first kappa shape index (κ1) is 15.7. The van der Waals surface area contributed by atoms with Crippen LogP contribution in [0.1, 0.15) is 38.5 Å². The van der Waals surface area contributed by atoms with Crippen LogP contribution in [0.3, 0.4) is 0 Å². The van der Waals surface area contributed by atoms with Crippen LogP contribution in [0.25, 0.3) is 11.3 Å². The normalized spacial score (nSPS) is 15.0. The van der Waals surface area contributed by atoms with Gasteiger partial charge in [0.1, 0.15) is 0 Å². The molecule has 0 unspecified atom stereocenters. The SMILES string of the molecule is O=C(CCC1CCCC1)NCCn1ccc(-c2ccncc2)n1. The van der Waals surface area contributed by atoms with Crippen LogP contribution >= 0.6 is 0 Å². The zero-order chi connectivity index (χ0) is 15.9. The summed E-state index contributed by atoms with van der Waals surface area (Å²) in [5.41, 5.74) is 1.99. The zero-order valence-electron chi connectivity index (χ0n) is 13.4. The van der Waals surface area contributed by atoms with E-state index in [1.165, 1.54) is 25.7 Å². The van der Waals surface area contributed by atoms with E-state index in [2.05, 4.69) is 15.4 Å². The fourth-order valence-corrected chi connectivity index (χ4v) is 3.20. The monoisotopic (exact) mass is 312 g/mol. The van der Waals surface area contributed by atoms with E-state index in [1.807, 2.05) is 29.1 Å². The summed E-state index contributed by atoms with van der Waals surface area (Å²) in [6.45, 7) is 1.32. The molecule has 1 fully saturated rings. The third-order valence-electron chi connectivity index (χ3n) is 4.53. The fourth-order valence-electron chi connectivity index (χ4n) is 3.20. The minimum absolute atomic E-state index is 0.165. The molecule has 2 aromatic rings. The molecule has 2 aromatic heterocycles. The Hall–Kier alpha value is -2.17. The lowest BCUT2D eigenvalue weighted by molar-refractivity contribution is -0.121. The van der Waals surface area contributed by atoms with Crippen molar-refractivity contribution in [1.29, 1.82) is 0 Å². The van der Waals surface area contributed by atoms with E-state index in [0.717, 1.165) is 23.6 Å². The van der Waals surface area contributed by atoms with Gasteiger partial charge in [-0.25, -0.2) is 0 Å². The summed E-state index contributed by atoms with van der Waals surface area (Å²) >= 11 is 0. The summed E-state index contributed by atoms with van der Waals surface area (Å²) in [6.07, 6.45) is 12.5. The topological polar surface area (TPSA) is 59.8 Å². The molecule has 0 saturated heterocycles. The van der Waals surface area contributed by atoms with Gasteiger partial charge in [-0.3, -0.25) is 14.5 Å². The molecule has 1 aliphatic carbocycles. The fraction of sp³-hybridized carbons (Fsp3) is 0.500. The molecular weight excluding hydrogens is 288 g/mol. The number of amides is 1. The van der Waals surface area contributed by atoms with Crippen LogP contribution in [-0.4, -0.2) is 27.2 Å². The van der Waals surface area contributed by atoms with Crippen LogP contribution < -0.4 is 5.32 Å². The van der Waals surface area contributed by atoms with E-state index in [-0.39, 0.29) is 5.91 Å². The van der Waals surface area contributed by atoms with Crippen molar-refractivity contribution in [3.63, 3.8) is 0 Å². The van der Waals surface area contributed by atoms with Gasteiger partial charge in [0.25, 0.3) is 0 Å². The van der Waals surface area contributed by atoms with Crippen LogP contribution in [0.2, 0.25) is 0 Å². The molecule has 0 aliphatic heterocycles. The van der Waals surface area contributed by atoms with Gasteiger partial charge >= 0.3 is 0 Å². The first-order valence-electron chi connectivity index (χ1n) is 8.52. The molecule has 0 spiro atoms. The van der Waals surface area contributed by atoms with Crippen molar-refractivity contribution >= 4 is 5.91 Å². The van der Waals surface area contributed by atoms with Gasteiger partial charge in [-0.15, -0.1) is 0 Å². The van der Waals surface area contributed by atoms with Crippen LogP contribution in [0.15, 0.2) is 36.8 Å². The highest BCUT2D eigenvalue weighted by Crippen LogP contribution is 2.28. The van der Waals surface area contributed by atoms with Crippen molar-refractivity contribution in [2.75, 3.05) is 6.54 Å². The smallest absolute Gasteiger partial charge is 0.220 e. The first-order valence-corrected chi connectivity index (χ1v) is 8.52. The zero-order valence-corrected chi connectivity index (χ0v) is 13.4.